The van der Waals surface area contributed by atoms with Gasteiger partial charge in [-0.15, -0.1) is 0 Å². The molecule has 0 spiro atoms. The minimum absolute atomic E-state index is 0.140. The van der Waals surface area contributed by atoms with E-state index in [4.69, 9.17) is 9.47 Å². The van der Waals surface area contributed by atoms with Gasteiger partial charge in [-0.05, 0) is 31.6 Å². The van der Waals surface area contributed by atoms with Gasteiger partial charge in [-0.1, -0.05) is 45.4 Å². The van der Waals surface area contributed by atoms with Crippen LogP contribution in [0.4, 0.5) is 0 Å². The summed E-state index contributed by atoms with van der Waals surface area (Å²) in [6.45, 7) is 2.15. The monoisotopic (exact) mass is 310 g/mol. The summed E-state index contributed by atoms with van der Waals surface area (Å²) in [5.74, 6) is -0.591. The fraction of sp³-hybridized carbons (Fsp3) is 0.778. The third-order valence-corrected chi connectivity index (χ3v) is 4.46. The second-order valence-electron chi connectivity index (χ2n) is 6.02. The van der Waals surface area contributed by atoms with Gasteiger partial charge >= 0.3 is 11.9 Å². The molecule has 126 valence electrons. The molecule has 1 fully saturated rings. The number of hydrogen-bond donors (Lipinski definition) is 0. The van der Waals surface area contributed by atoms with E-state index >= 15 is 0 Å². The molecular formula is C18H30O4. The van der Waals surface area contributed by atoms with Crippen LogP contribution in [0.5, 0.6) is 0 Å². The number of hydrogen-bond acceptors (Lipinski definition) is 4. The van der Waals surface area contributed by atoms with Gasteiger partial charge in [0.2, 0.25) is 0 Å². The molecule has 0 amide bonds. The van der Waals surface area contributed by atoms with E-state index in [1.165, 1.54) is 20.6 Å². The molecule has 0 N–H and O–H groups in total. The minimum Gasteiger partial charge on any atom is -0.466 e. The van der Waals surface area contributed by atoms with Crippen LogP contribution in [-0.2, 0) is 19.1 Å². The Morgan fingerprint density at radius 3 is 2.09 bits per heavy atom. The zero-order chi connectivity index (χ0) is 16.4. The first-order valence-electron chi connectivity index (χ1n) is 8.55. The lowest BCUT2D eigenvalue weighted by Crippen LogP contribution is -2.23. The number of ether oxygens (including phenoxy) is 2. The molecular weight excluding hydrogens is 280 g/mol. The van der Waals surface area contributed by atoms with Gasteiger partial charge in [0.1, 0.15) is 0 Å². The Balaban J connectivity index is 3.01. The largest absolute Gasteiger partial charge is 0.466 e. The predicted octanol–water partition coefficient (Wildman–Crippen LogP) is 4.18. The second-order valence-corrected chi connectivity index (χ2v) is 6.02. The summed E-state index contributed by atoms with van der Waals surface area (Å²) in [5, 5.41) is 0. The van der Waals surface area contributed by atoms with E-state index < -0.39 is 0 Å². The minimum atomic E-state index is -0.373. The number of rotatable bonds is 8. The molecule has 4 nitrogen and oxygen atoms in total. The summed E-state index contributed by atoms with van der Waals surface area (Å²) >= 11 is 0. The van der Waals surface area contributed by atoms with Gasteiger partial charge in [0.25, 0.3) is 0 Å². The molecule has 22 heavy (non-hydrogen) atoms. The lowest BCUT2D eigenvalue weighted by Gasteiger charge is -2.25. The molecule has 1 aliphatic carbocycles. The Labute approximate surface area is 134 Å². The summed E-state index contributed by atoms with van der Waals surface area (Å²) in [6.07, 6.45) is 10.2. The summed E-state index contributed by atoms with van der Waals surface area (Å²) in [7, 11) is 2.77. The summed E-state index contributed by atoms with van der Waals surface area (Å²) in [4.78, 5) is 24.5. The lowest BCUT2D eigenvalue weighted by molar-refractivity contribution is -0.140. The molecule has 0 bridgehead atoms. The molecule has 1 saturated carbocycles. The molecule has 1 aliphatic rings. The first kappa shape index (κ1) is 18.7. The first-order chi connectivity index (χ1) is 10.7. The fourth-order valence-corrected chi connectivity index (χ4v) is 3.24. The predicted molar refractivity (Wildman–Crippen MR) is 86.4 cm³/mol. The summed E-state index contributed by atoms with van der Waals surface area (Å²) < 4.78 is 9.90. The van der Waals surface area contributed by atoms with E-state index in [1.54, 1.807) is 0 Å². The van der Waals surface area contributed by atoms with Gasteiger partial charge in [-0.3, -0.25) is 0 Å². The normalized spacial score (nSPS) is 16.9. The van der Waals surface area contributed by atoms with Gasteiger partial charge in [0.05, 0.1) is 19.8 Å². The molecule has 0 unspecified atom stereocenters. The molecule has 4 heteroatoms. The number of esters is 2. The zero-order valence-electron chi connectivity index (χ0n) is 14.3. The molecule has 0 aromatic carbocycles. The van der Waals surface area contributed by atoms with Crippen LogP contribution in [0.1, 0.15) is 71.1 Å². The molecule has 0 heterocycles. The Morgan fingerprint density at radius 1 is 0.909 bits per heavy atom. The maximum Gasteiger partial charge on any atom is 0.334 e. The van der Waals surface area contributed by atoms with Crippen molar-refractivity contribution < 1.29 is 19.1 Å². The van der Waals surface area contributed by atoms with Crippen molar-refractivity contribution in [1.29, 1.82) is 0 Å². The molecule has 0 aromatic heterocycles. The Bertz CT molecular complexity index is 392. The molecule has 1 rings (SSSR count). The smallest absolute Gasteiger partial charge is 0.334 e. The number of carbonyl (C=O) groups excluding carboxylic acids is 2. The topological polar surface area (TPSA) is 52.6 Å². The molecule has 0 radical (unpaired) electrons. The maximum atomic E-state index is 12.3. The highest BCUT2D eigenvalue weighted by Gasteiger charge is 2.30. The average Bonchev–Trinajstić information content (AvgIpc) is 2.57. The van der Waals surface area contributed by atoms with Gasteiger partial charge in [0, 0.05) is 5.57 Å². The van der Waals surface area contributed by atoms with Crippen molar-refractivity contribution in [3.8, 4) is 0 Å². The summed E-state index contributed by atoms with van der Waals surface area (Å²) in [6, 6.07) is 0. The van der Waals surface area contributed by atoms with Crippen LogP contribution in [0.3, 0.4) is 0 Å². The van der Waals surface area contributed by atoms with Crippen LogP contribution >= 0.6 is 0 Å². The van der Waals surface area contributed by atoms with E-state index in [0.717, 1.165) is 51.4 Å². The fourth-order valence-electron chi connectivity index (χ4n) is 3.24. The third-order valence-electron chi connectivity index (χ3n) is 4.46. The van der Waals surface area contributed by atoms with Crippen molar-refractivity contribution in [2.24, 2.45) is 5.92 Å². The highest BCUT2D eigenvalue weighted by molar-refractivity contribution is 6.00. The van der Waals surface area contributed by atoms with Crippen molar-refractivity contribution in [1.82, 2.24) is 0 Å². The molecule has 0 saturated heterocycles. The molecule has 0 aliphatic heterocycles. The van der Waals surface area contributed by atoms with Crippen molar-refractivity contribution in [2.45, 2.75) is 71.1 Å². The number of carbonyl (C=O) groups is 2. The van der Waals surface area contributed by atoms with E-state index in [2.05, 4.69) is 6.92 Å². The van der Waals surface area contributed by atoms with Crippen LogP contribution in [0, 0.1) is 5.92 Å². The van der Waals surface area contributed by atoms with Crippen molar-refractivity contribution in [3.63, 3.8) is 0 Å². The third kappa shape index (κ3) is 5.47. The second kappa shape index (κ2) is 10.4. The van der Waals surface area contributed by atoms with Crippen LogP contribution in [0.15, 0.2) is 11.1 Å². The maximum absolute atomic E-state index is 12.3. The lowest BCUT2D eigenvalue weighted by atomic mass is 9.80. The van der Waals surface area contributed by atoms with Crippen LogP contribution in [0.2, 0.25) is 0 Å². The van der Waals surface area contributed by atoms with E-state index in [-0.39, 0.29) is 17.9 Å². The highest BCUT2D eigenvalue weighted by atomic mass is 16.5. The SMILES string of the molecule is CCCCCCC(C(=O)OC)=C(C(=O)OC)C1CCCCC1. The quantitative estimate of drug-likeness (QED) is 0.383. The highest BCUT2D eigenvalue weighted by Crippen LogP contribution is 2.33. The molecule has 0 aromatic rings. The molecule has 0 atom stereocenters. The van der Waals surface area contributed by atoms with E-state index in [9.17, 15) is 9.59 Å². The van der Waals surface area contributed by atoms with Gasteiger partial charge in [-0.25, -0.2) is 9.59 Å². The van der Waals surface area contributed by atoms with Gasteiger partial charge in [0.15, 0.2) is 0 Å². The van der Waals surface area contributed by atoms with Crippen molar-refractivity contribution in [3.05, 3.63) is 11.1 Å². The zero-order valence-corrected chi connectivity index (χ0v) is 14.3. The Hall–Kier alpha value is -1.32. The Morgan fingerprint density at radius 2 is 1.55 bits per heavy atom. The first-order valence-corrected chi connectivity index (χ1v) is 8.55. The van der Waals surface area contributed by atoms with E-state index in [1.807, 2.05) is 0 Å². The van der Waals surface area contributed by atoms with Gasteiger partial charge < -0.3 is 9.47 Å². The van der Waals surface area contributed by atoms with Crippen molar-refractivity contribution >= 4 is 11.9 Å². The summed E-state index contributed by atoms with van der Waals surface area (Å²) in [5.41, 5.74) is 1.11. The van der Waals surface area contributed by atoms with Crippen LogP contribution in [0.25, 0.3) is 0 Å². The number of methoxy groups -OCH3 is 2. The van der Waals surface area contributed by atoms with Gasteiger partial charge in [-0.2, -0.15) is 0 Å². The average molecular weight is 310 g/mol. The van der Waals surface area contributed by atoms with E-state index in [0.29, 0.717) is 17.6 Å². The number of unbranched alkanes of at least 4 members (excludes halogenated alkanes) is 3. The van der Waals surface area contributed by atoms with Crippen LogP contribution in [-0.4, -0.2) is 26.2 Å². The standard InChI is InChI=1S/C18H30O4/c1-4-5-6-10-13-15(17(19)21-2)16(18(20)22-3)14-11-8-7-9-12-14/h14H,4-13H2,1-3H3. The van der Waals surface area contributed by atoms with Crippen molar-refractivity contribution in [2.75, 3.05) is 14.2 Å². The van der Waals surface area contributed by atoms with Crippen LogP contribution < -0.4 is 0 Å². The Kier molecular flexibility index (Phi) is 8.86.